The van der Waals surface area contributed by atoms with Crippen molar-refractivity contribution in [2.45, 2.75) is 63.6 Å². The molecule has 29 heavy (non-hydrogen) atoms. The molecule has 0 unspecified atom stereocenters. The first-order valence-electron chi connectivity index (χ1n) is 10.4. The molecule has 2 heterocycles. The third kappa shape index (κ3) is 4.34. The molecule has 2 aromatic rings. The van der Waals surface area contributed by atoms with Crippen LogP contribution in [-0.4, -0.2) is 40.5 Å². The van der Waals surface area contributed by atoms with Gasteiger partial charge in [0.2, 0.25) is 0 Å². The standard InChI is InChI=1S/C22H28N4O3/c1-13-11-18(24-21(27)19-12-20(29-25-19)16-5-6-16)9-10-26(13)22(28)17-7-3-15(4-8-17)14(2)23/h3-4,7-8,12-14,16,18H,5-6,9-11,23H2,1-2H3,(H,24,27)/t13-,14+,18-/m1/s1. The highest BCUT2D eigenvalue weighted by Gasteiger charge is 2.32. The fourth-order valence-electron chi connectivity index (χ4n) is 3.92. The highest BCUT2D eigenvalue weighted by molar-refractivity contribution is 5.95. The van der Waals surface area contributed by atoms with Crippen molar-refractivity contribution in [3.8, 4) is 0 Å². The van der Waals surface area contributed by atoms with Crippen molar-refractivity contribution in [2.75, 3.05) is 6.54 Å². The Kier molecular flexibility index (Phi) is 5.41. The van der Waals surface area contributed by atoms with Gasteiger partial charge in [-0.15, -0.1) is 0 Å². The fraction of sp³-hybridized carbons (Fsp3) is 0.500. The lowest BCUT2D eigenvalue weighted by Crippen LogP contribution is -2.51. The lowest BCUT2D eigenvalue weighted by molar-refractivity contribution is 0.0595. The van der Waals surface area contributed by atoms with Crippen LogP contribution in [0.15, 0.2) is 34.9 Å². The summed E-state index contributed by atoms with van der Waals surface area (Å²) in [6.45, 7) is 4.55. The molecule has 1 aliphatic heterocycles. The van der Waals surface area contributed by atoms with Gasteiger partial charge in [-0.25, -0.2) is 0 Å². The van der Waals surface area contributed by atoms with E-state index in [4.69, 9.17) is 10.3 Å². The second-order valence-electron chi connectivity index (χ2n) is 8.34. The third-order valence-corrected chi connectivity index (χ3v) is 5.90. The van der Waals surface area contributed by atoms with Crippen LogP contribution in [-0.2, 0) is 0 Å². The summed E-state index contributed by atoms with van der Waals surface area (Å²) < 4.78 is 5.27. The molecule has 1 aromatic carbocycles. The molecule has 4 rings (SSSR count). The average Bonchev–Trinajstić information content (AvgIpc) is 3.44. The molecule has 7 heteroatoms. The maximum atomic E-state index is 12.9. The van der Waals surface area contributed by atoms with Crippen molar-refractivity contribution in [2.24, 2.45) is 5.73 Å². The normalized spacial score (nSPS) is 22.9. The summed E-state index contributed by atoms with van der Waals surface area (Å²) in [5.74, 6) is 1.05. The van der Waals surface area contributed by atoms with Crippen molar-refractivity contribution >= 4 is 11.8 Å². The van der Waals surface area contributed by atoms with Crippen molar-refractivity contribution in [3.63, 3.8) is 0 Å². The highest BCUT2D eigenvalue weighted by atomic mass is 16.5. The number of benzene rings is 1. The van der Waals surface area contributed by atoms with E-state index in [1.165, 1.54) is 0 Å². The Labute approximate surface area is 170 Å². The van der Waals surface area contributed by atoms with E-state index in [0.29, 0.717) is 36.6 Å². The fourth-order valence-corrected chi connectivity index (χ4v) is 3.92. The van der Waals surface area contributed by atoms with E-state index in [-0.39, 0.29) is 29.9 Å². The first-order chi connectivity index (χ1) is 13.9. The lowest BCUT2D eigenvalue weighted by atomic mass is 9.96. The van der Waals surface area contributed by atoms with Crippen LogP contribution in [0.25, 0.3) is 0 Å². The number of nitrogens with one attached hydrogen (secondary N) is 1. The largest absolute Gasteiger partial charge is 0.360 e. The molecule has 3 N–H and O–H groups in total. The lowest BCUT2D eigenvalue weighted by Gasteiger charge is -2.38. The molecule has 1 saturated carbocycles. The number of aromatic nitrogens is 1. The van der Waals surface area contributed by atoms with E-state index in [9.17, 15) is 9.59 Å². The third-order valence-electron chi connectivity index (χ3n) is 5.90. The summed E-state index contributed by atoms with van der Waals surface area (Å²) >= 11 is 0. The first kappa shape index (κ1) is 19.6. The van der Waals surface area contributed by atoms with Crippen LogP contribution in [0, 0.1) is 0 Å². The molecule has 2 fully saturated rings. The minimum absolute atomic E-state index is 0.0168. The van der Waals surface area contributed by atoms with Crippen molar-refractivity contribution in [1.29, 1.82) is 0 Å². The van der Waals surface area contributed by atoms with Gasteiger partial charge in [-0.05, 0) is 57.2 Å². The topological polar surface area (TPSA) is 101 Å². The van der Waals surface area contributed by atoms with E-state index in [0.717, 1.165) is 24.2 Å². The van der Waals surface area contributed by atoms with Gasteiger partial charge in [-0.2, -0.15) is 0 Å². The van der Waals surface area contributed by atoms with Crippen LogP contribution in [0.2, 0.25) is 0 Å². The van der Waals surface area contributed by atoms with E-state index < -0.39 is 0 Å². The Morgan fingerprint density at radius 2 is 1.97 bits per heavy atom. The van der Waals surface area contributed by atoms with E-state index in [1.54, 1.807) is 6.07 Å². The average molecular weight is 396 g/mol. The molecule has 154 valence electrons. The van der Waals surface area contributed by atoms with E-state index >= 15 is 0 Å². The molecular weight excluding hydrogens is 368 g/mol. The molecule has 1 aromatic heterocycles. The second-order valence-corrected chi connectivity index (χ2v) is 8.34. The number of piperidine rings is 1. The second kappa shape index (κ2) is 7.99. The van der Waals surface area contributed by atoms with Crippen LogP contribution in [0.3, 0.4) is 0 Å². The number of rotatable bonds is 5. The Hall–Kier alpha value is -2.67. The quantitative estimate of drug-likeness (QED) is 0.809. The summed E-state index contributed by atoms with van der Waals surface area (Å²) in [5.41, 5.74) is 7.89. The predicted molar refractivity (Wildman–Crippen MR) is 109 cm³/mol. The predicted octanol–water partition coefficient (Wildman–Crippen LogP) is 2.99. The SMILES string of the molecule is C[C@H](N)c1ccc(C(=O)N2CC[C@@H](NC(=O)c3cc(C4CC4)on3)C[C@H]2C)cc1. The van der Waals surface area contributed by atoms with Gasteiger partial charge in [-0.1, -0.05) is 17.3 Å². The zero-order valence-corrected chi connectivity index (χ0v) is 16.9. The Morgan fingerprint density at radius 3 is 2.59 bits per heavy atom. The molecule has 0 bridgehead atoms. The summed E-state index contributed by atoms with van der Waals surface area (Å²) in [4.78, 5) is 27.3. The van der Waals surface area contributed by atoms with E-state index in [2.05, 4.69) is 10.5 Å². The van der Waals surface area contributed by atoms with Gasteiger partial charge in [0.25, 0.3) is 11.8 Å². The molecule has 0 radical (unpaired) electrons. The van der Waals surface area contributed by atoms with Gasteiger partial charge in [0.05, 0.1) is 0 Å². The summed E-state index contributed by atoms with van der Waals surface area (Å²) in [6.07, 6.45) is 3.64. The van der Waals surface area contributed by atoms with Gasteiger partial charge >= 0.3 is 0 Å². The van der Waals surface area contributed by atoms with Gasteiger partial charge < -0.3 is 20.5 Å². The maximum absolute atomic E-state index is 12.9. The number of nitrogens with two attached hydrogens (primary N) is 1. The number of nitrogens with zero attached hydrogens (tertiary/aromatic N) is 2. The minimum atomic E-state index is -0.205. The minimum Gasteiger partial charge on any atom is -0.360 e. The molecule has 1 saturated heterocycles. The van der Waals surface area contributed by atoms with Crippen LogP contribution in [0.5, 0.6) is 0 Å². The van der Waals surface area contributed by atoms with Crippen molar-refractivity contribution < 1.29 is 14.1 Å². The van der Waals surface area contributed by atoms with Crippen LogP contribution >= 0.6 is 0 Å². The number of carbonyl (C=O) groups is 2. The van der Waals surface area contributed by atoms with Gasteiger partial charge in [0.1, 0.15) is 5.76 Å². The molecule has 0 spiro atoms. The van der Waals surface area contributed by atoms with Crippen LogP contribution in [0.1, 0.15) is 83.7 Å². The zero-order chi connectivity index (χ0) is 20.5. The molecule has 2 aliphatic rings. The number of hydrogen-bond acceptors (Lipinski definition) is 5. The van der Waals surface area contributed by atoms with E-state index in [1.807, 2.05) is 43.0 Å². The maximum Gasteiger partial charge on any atom is 0.273 e. The number of hydrogen-bond donors (Lipinski definition) is 2. The summed E-state index contributed by atoms with van der Waals surface area (Å²) in [7, 11) is 0. The van der Waals surface area contributed by atoms with Gasteiger partial charge in [0, 0.05) is 42.2 Å². The van der Waals surface area contributed by atoms with Gasteiger partial charge in [0.15, 0.2) is 5.69 Å². The zero-order valence-electron chi connectivity index (χ0n) is 16.9. The Balaban J connectivity index is 1.33. The molecule has 1 aliphatic carbocycles. The smallest absolute Gasteiger partial charge is 0.273 e. The van der Waals surface area contributed by atoms with Crippen LogP contribution in [0.4, 0.5) is 0 Å². The van der Waals surface area contributed by atoms with Crippen molar-refractivity contribution in [1.82, 2.24) is 15.4 Å². The highest BCUT2D eigenvalue weighted by Crippen LogP contribution is 2.40. The summed E-state index contributed by atoms with van der Waals surface area (Å²) in [6, 6.07) is 9.24. The Bertz CT molecular complexity index is 886. The monoisotopic (exact) mass is 396 g/mol. The summed E-state index contributed by atoms with van der Waals surface area (Å²) in [5, 5.41) is 6.95. The Morgan fingerprint density at radius 1 is 1.24 bits per heavy atom. The first-order valence-corrected chi connectivity index (χ1v) is 10.4. The number of carbonyl (C=O) groups excluding carboxylic acids is 2. The molecular formula is C22H28N4O3. The number of likely N-dealkylation sites (tertiary alicyclic amines) is 1. The number of amides is 2. The molecule has 2 amide bonds. The van der Waals surface area contributed by atoms with Crippen LogP contribution < -0.4 is 11.1 Å². The van der Waals surface area contributed by atoms with Gasteiger partial charge in [-0.3, -0.25) is 9.59 Å². The molecule has 3 atom stereocenters. The molecule has 7 nitrogen and oxygen atoms in total. The van der Waals surface area contributed by atoms with Crippen molar-refractivity contribution in [3.05, 3.63) is 52.9 Å².